The van der Waals surface area contributed by atoms with E-state index in [9.17, 15) is 0 Å². The van der Waals surface area contributed by atoms with Crippen LogP contribution in [0.1, 0.15) is 5.69 Å². The predicted octanol–water partition coefficient (Wildman–Crippen LogP) is 0.841. The first-order valence-electron chi connectivity index (χ1n) is 3.50. The molecule has 0 bridgehead atoms. The van der Waals surface area contributed by atoms with Gasteiger partial charge in [0.25, 0.3) is 0 Å². The number of nitrogens with two attached hydrogens (primary N) is 1. The van der Waals surface area contributed by atoms with Crippen molar-refractivity contribution in [2.24, 2.45) is 5.73 Å². The number of hydrogen-bond acceptors (Lipinski definition) is 3. The van der Waals surface area contributed by atoms with Crippen LogP contribution >= 0.6 is 11.6 Å². The Morgan fingerprint density at radius 1 is 1.50 bits per heavy atom. The van der Waals surface area contributed by atoms with Crippen molar-refractivity contribution in [3.05, 3.63) is 29.3 Å². The van der Waals surface area contributed by atoms with Gasteiger partial charge >= 0.3 is 0 Å². The Morgan fingerprint density at radius 3 is 3.08 bits per heavy atom. The fourth-order valence-electron chi connectivity index (χ4n) is 1.08. The van der Waals surface area contributed by atoms with Crippen molar-refractivity contribution in [1.82, 2.24) is 14.4 Å². The minimum atomic E-state index is 0.409. The van der Waals surface area contributed by atoms with Crippen LogP contribution in [0.15, 0.2) is 18.5 Å². The summed E-state index contributed by atoms with van der Waals surface area (Å²) in [6.07, 6.45) is 3.29. The number of halogens is 1. The molecule has 0 amide bonds. The molecule has 4 nitrogen and oxygen atoms in total. The summed E-state index contributed by atoms with van der Waals surface area (Å²) in [5.74, 6) is 0.586. The Kier molecular flexibility index (Phi) is 1.71. The van der Waals surface area contributed by atoms with E-state index < -0.39 is 0 Å². The molecule has 0 saturated carbocycles. The molecule has 0 aliphatic rings. The summed E-state index contributed by atoms with van der Waals surface area (Å²) in [4.78, 5) is 8.06. The van der Waals surface area contributed by atoms with E-state index in [1.807, 2.05) is 0 Å². The lowest BCUT2D eigenvalue weighted by atomic mass is 10.5. The smallest absolute Gasteiger partial charge is 0.235 e. The maximum atomic E-state index is 5.91. The molecule has 2 aromatic rings. The highest BCUT2D eigenvalue weighted by Gasteiger charge is 2.04. The number of rotatable bonds is 1. The van der Waals surface area contributed by atoms with Crippen LogP contribution in [0.3, 0.4) is 0 Å². The molecule has 2 rings (SSSR count). The van der Waals surface area contributed by atoms with Crippen LogP contribution in [0.5, 0.6) is 0 Å². The molecule has 0 aliphatic heterocycles. The van der Waals surface area contributed by atoms with E-state index in [2.05, 4.69) is 9.97 Å². The molecule has 62 valence electrons. The van der Waals surface area contributed by atoms with Gasteiger partial charge < -0.3 is 5.73 Å². The highest BCUT2D eigenvalue weighted by molar-refractivity contribution is 6.29. The number of aromatic nitrogens is 3. The van der Waals surface area contributed by atoms with Gasteiger partial charge in [0.15, 0.2) is 0 Å². The van der Waals surface area contributed by atoms with Crippen molar-refractivity contribution >= 4 is 17.4 Å². The van der Waals surface area contributed by atoms with Crippen LogP contribution in [-0.4, -0.2) is 14.4 Å². The van der Waals surface area contributed by atoms with Crippen LogP contribution in [0, 0.1) is 0 Å². The summed E-state index contributed by atoms with van der Waals surface area (Å²) >= 11 is 5.91. The Labute approximate surface area is 74.0 Å². The van der Waals surface area contributed by atoms with Crippen molar-refractivity contribution in [2.45, 2.75) is 6.54 Å². The lowest BCUT2D eigenvalue weighted by molar-refractivity contribution is 0.948. The first-order chi connectivity index (χ1) is 5.83. The summed E-state index contributed by atoms with van der Waals surface area (Å²) in [5.41, 5.74) is 6.35. The number of nitrogens with zero attached hydrogens (tertiary/aromatic N) is 3. The monoisotopic (exact) mass is 182 g/mol. The second-order valence-corrected chi connectivity index (χ2v) is 2.74. The molecule has 0 saturated heterocycles. The van der Waals surface area contributed by atoms with E-state index in [4.69, 9.17) is 17.3 Å². The minimum Gasteiger partial charge on any atom is -0.325 e. The van der Waals surface area contributed by atoms with E-state index in [0.29, 0.717) is 17.5 Å². The molecule has 2 N–H and O–H groups in total. The highest BCUT2D eigenvalue weighted by Crippen LogP contribution is 2.12. The summed E-state index contributed by atoms with van der Waals surface area (Å²) < 4.78 is 1.72. The largest absolute Gasteiger partial charge is 0.325 e. The molecular formula is C7H7ClN4. The molecule has 0 atom stereocenters. The zero-order valence-electron chi connectivity index (χ0n) is 6.24. The molecule has 0 radical (unpaired) electrons. The molecule has 0 unspecified atom stereocenters. The van der Waals surface area contributed by atoms with Gasteiger partial charge in [-0.05, 0) is 6.07 Å². The highest BCUT2D eigenvalue weighted by atomic mass is 35.5. The van der Waals surface area contributed by atoms with Crippen LogP contribution < -0.4 is 5.73 Å². The van der Waals surface area contributed by atoms with Crippen molar-refractivity contribution in [1.29, 1.82) is 0 Å². The molecule has 12 heavy (non-hydrogen) atoms. The minimum absolute atomic E-state index is 0.409. The lowest BCUT2D eigenvalue weighted by Gasteiger charge is -1.98. The molecule has 0 aliphatic carbocycles. The number of hydrogen-bond donors (Lipinski definition) is 1. The average molecular weight is 183 g/mol. The average Bonchev–Trinajstić information content (AvgIpc) is 2.49. The zero-order chi connectivity index (χ0) is 8.55. The fourth-order valence-corrected chi connectivity index (χ4v) is 1.32. The van der Waals surface area contributed by atoms with Gasteiger partial charge in [0.2, 0.25) is 5.78 Å². The summed E-state index contributed by atoms with van der Waals surface area (Å²) in [5, 5.41) is 0.581. The second kappa shape index (κ2) is 2.73. The van der Waals surface area contributed by atoms with Crippen LogP contribution in [0.2, 0.25) is 5.15 Å². The van der Waals surface area contributed by atoms with Crippen LogP contribution in [0.4, 0.5) is 0 Å². The first kappa shape index (κ1) is 7.52. The van der Waals surface area contributed by atoms with Gasteiger partial charge in [0.05, 0.1) is 11.9 Å². The Hall–Kier alpha value is -1.13. The second-order valence-electron chi connectivity index (χ2n) is 2.36. The fraction of sp³-hybridized carbons (Fsp3) is 0.143. The quantitative estimate of drug-likeness (QED) is 0.665. The van der Waals surface area contributed by atoms with Gasteiger partial charge in [0, 0.05) is 12.7 Å². The Bertz CT molecular complexity index is 409. The third-order valence-electron chi connectivity index (χ3n) is 1.64. The van der Waals surface area contributed by atoms with Gasteiger partial charge in [-0.3, -0.25) is 4.40 Å². The lowest BCUT2D eigenvalue weighted by Crippen LogP contribution is -2.01. The van der Waals surface area contributed by atoms with Gasteiger partial charge in [-0.2, -0.15) is 0 Å². The maximum absolute atomic E-state index is 5.91. The number of imidazole rings is 1. The zero-order valence-corrected chi connectivity index (χ0v) is 6.99. The topological polar surface area (TPSA) is 56.2 Å². The van der Waals surface area contributed by atoms with Crippen molar-refractivity contribution in [3.63, 3.8) is 0 Å². The molecule has 2 aromatic heterocycles. The molecule has 0 fully saturated rings. The Morgan fingerprint density at radius 2 is 2.33 bits per heavy atom. The maximum Gasteiger partial charge on any atom is 0.235 e. The molecule has 0 aromatic carbocycles. The third-order valence-corrected chi connectivity index (χ3v) is 1.94. The third kappa shape index (κ3) is 0.964. The van der Waals surface area contributed by atoms with Crippen LogP contribution in [-0.2, 0) is 6.54 Å². The molecule has 0 spiro atoms. The molecular weight excluding hydrogens is 176 g/mol. The van der Waals surface area contributed by atoms with Gasteiger partial charge in [-0.25, -0.2) is 9.97 Å². The molecule has 5 heteroatoms. The van der Waals surface area contributed by atoms with Gasteiger partial charge in [-0.1, -0.05) is 11.6 Å². The summed E-state index contributed by atoms with van der Waals surface area (Å²) in [6, 6.07) is 1.70. The first-order valence-corrected chi connectivity index (χ1v) is 3.87. The van der Waals surface area contributed by atoms with E-state index in [1.54, 1.807) is 22.9 Å². The summed E-state index contributed by atoms with van der Waals surface area (Å²) in [7, 11) is 0. The van der Waals surface area contributed by atoms with E-state index >= 15 is 0 Å². The van der Waals surface area contributed by atoms with E-state index in [0.717, 1.165) is 5.69 Å². The number of fused-ring (bicyclic) bond motifs is 1. The SMILES string of the molecule is NCc1cnc2nccc(Cl)n12. The van der Waals surface area contributed by atoms with Gasteiger partial charge in [-0.15, -0.1) is 0 Å². The van der Waals surface area contributed by atoms with Crippen LogP contribution in [0.25, 0.3) is 5.78 Å². The standard InChI is InChI=1S/C7H7ClN4/c8-6-1-2-10-7-11-4-5(3-9)12(6)7/h1-2,4H,3,9H2. The van der Waals surface area contributed by atoms with E-state index in [-0.39, 0.29) is 0 Å². The van der Waals surface area contributed by atoms with Crippen molar-refractivity contribution in [2.75, 3.05) is 0 Å². The van der Waals surface area contributed by atoms with Crippen molar-refractivity contribution < 1.29 is 0 Å². The van der Waals surface area contributed by atoms with Crippen molar-refractivity contribution in [3.8, 4) is 0 Å². The normalized spacial score (nSPS) is 10.8. The summed E-state index contributed by atoms with van der Waals surface area (Å²) in [6.45, 7) is 0.409. The van der Waals surface area contributed by atoms with Gasteiger partial charge in [0.1, 0.15) is 5.15 Å². The predicted molar refractivity (Wildman–Crippen MR) is 45.9 cm³/mol. The van der Waals surface area contributed by atoms with E-state index in [1.165, 1.54) is 0 Å². The molecule has 2 heterocycles. The Balaban J connectivity index is 2.83.